The van der Waals surface area contributed by atoms with E-state index in [0.717, 1.165) is 12.0 Å². The van der Waals surface area contributed by atoms with Gasteiger partial charge >= 0.3 is 0 Å². The quantitative estimate of drug-likeness (QED) is 0.858. The van der Waals surface area contributed by atoms with Crippen LogP contribution in [0.25, 0.3) is 0 Å². The molecular weight excluding hydrogens is 262 g/mol. The Morgan fingerprint density at radius 2 is 1.89 bits per heavy atom. The fourth-order valence-corrected chi connectivity index (χ4v) is 4.08. The molecule has 1 N–H and O–H groups in total. The maximum absolute atomic E-state index is 12.1. The van der Waals surface area contributed by atoms with Crippen molar-refractivity contribution in [2.24, 2.45) is 0 Å². The Balaban J connectivity index is 1.87. The highest BCUT2D eigenvalue weighted by molar-refractivity contribution is 7.89. The number of aryl methyl sites for hydroxylation is 1. The Bertz CT molecular complexity index is 507. The molecule has 1 saturated heterocycles. The van der Waals surface area contributed by atoms with Gasteiger partial charge in [-0.05, 0) is 18.4 Å². The maximum Gasteiger partial charge on any atom is 0.214 e. The van der Waals surface area contributed by atoms with Gasteiger partial charge in [0.25, 0.3) is 0 Å². The molecule has 5 heteroatoms. The minimum absolute atomic E-state index is 0.110. The van der Waals surface area contributed by atoms with Crippen molar-refractivity contribution in [2.75, 3.05) is 18.8 Å². The summed E-state index contributed by atoms with van der Waals surface area (Å²) in [6.07, 6.45) is 2.05. The van der Waals surface area contributed by atoms with Gasteiger partial charge in [-0.2, -0.15) is 4.31 Å². The Morgan fingerprint density at radius 3 is 2.47 bits per heavy atom. The van der Waals surface area contributed by atoms with Crippen LogP contribution in [0, 0.1) is 0 Å². The smallest absolute Gasteiger partial charge is 0.214 e. The third kappa shape index (κ3) is 3.55. The molecule has 0 spiro atoms. The molecule has 19 heavy (non-hydrogen) atoms. The van der Waals surface area contributed by atoms with Gasteiger partial charge in [0.15, 0.2) is 0 Å². The molecule has 0 bridgehead atoms. The molecule has 4 nitrogen and oxygen atoms in total. The third-order valence-corrected chi connectivity index (χ3v) is 5.31. The maximum atomic E-state index is 12.1. The van der Waals surface area contributed by atoms with Gasteiger partial charge in [-0.25, -0.2) is 8.42 Å². The zero-order valence-electron chi connectivity index (χ0n) is 11.2. The highest BCUT2D eigenvalue weighted by atomic mass is 32.2. The van der Waals surface area contributed by atoms with E-state index in [1.807, 2.05) is 37.3 Å². The molecule has 1 aromatic carbocycles. The minimum atomic E-state index is -3.24. The number of aliphatic hydroxyl groups is 1. The summed E-state index contributed by atoms with van der Waals surface area (Å²) in [5.74, 6) is 0.110. The second-order valence-corrected chi connectivity index (χ2v) is 7.38. The predicted octanol–water partition coefficient (Wildman–Crippen LogP) is 1.41. The van der Waals surface area contributed by atoms with Gasteiger partial charge in [-0.15, -0.1) is 0 Å². The van der Waals surface area contributed by atoms with Crippen LogP contribution in [-0.4, -0.2) is 42.3 Å². The first-order valence-corrected chi connectivity index (χ1v) is 8.30. The van der Waals surface area contributed by atoms with Gasteiger partial charge in [0.2, 0.25) is 10.0 Å². The van der Waals surface area contributed by atoms with Crippen LogP contribution in [0.4, 0.5) is 0 Å². The first-order chi connectivity index (χ1) is 8.95. The van der Waals surface area contributed by atoms with Crippen molar-refractivity contribution in [1.82, 2.24) is 4.31 Å². The second kappa shape index (κ2) is 5.61. The van der Waals surface area contributed by atoms with Crippen LogP contribution in [-0.2, 0) is 16.4 Å². The first kappa shape index (κ1) is 14.5. The molecule has 1 fully saturated rings. The zero-order chi connectivity index (χ0) is 13.9. The molecule has 0 saturated carbocycles. The number of β-amino-alcohol motifs (C(OH)–C–C–N with tert-alkyl or cyclic N) is 1. The average Bonchev–Trinajstić information content (AvgIpc) is 2.35. The average molecular weight is 283 g/mol. The highest BCUT2D eigenvalue weighted by Crippen LogP contribution is 2.28. The molecular formula is C14H21NO3S. The summed E-state index contributed by atoms with van der Waals surface area (Å²) in [5, 5.41) is 10.0. The summed E-state index contributed by atoms with van der Waals surface area (Å²) >= 11 is 0. The summed E-state index contributed by atoms with van der Waals surface area (Å²) in [7, 11) is -3.24. The van der Waals surface area contributed by atoms with E-state index in [-0.39, 0.29) is 18.8 Å². The largest absolute Gasteiger partial charge is 0.387 e. The van der Waals surface area contributed by atoms with E-state index < -0.39 is 15.6 Å². The number of nitrogens with zero attached hydrogens (tertiary/aromatic N) is 1. The Morgan fingerprint density at radius 1 is 1.26 bits per heavy atom. The second-order valence-electron chi connectivity index (χ2n) is 5.29. The van der Waals surface area contributed by atoms with Crippen molar-refractivity contribution in [2.45, 2.75) is 31.8 Å². The van der Waals surface area contributed by atoms with E-state index in [2.05, 4.69) is 0 Å². The van der Waals surface area contributed by atoms with E-state index in [1.54, 1.807) is 0 Å². The summed E-state index contributed by atoms with van der Waals surface area (Å²) in [6.45, 7) is 2.49. The van der Waals surface area contributed by atoms with E-state index in [9.17, 15) is 13.5 Å². The lowest BCUT2D eigenvalue weighted by atomic mass is 9.92. The Kier molecular flexibility index (Phi) is 4.28. The van der Waals surface area contributed by atoms with Crippen molar-refractivity contribution in [3.8, 4) is 0 Å². The Labute approximate surface area is 115 Å². The molecule has 0 atom stereocenters. The molecule has 1 heterocycles. The summed E-state index contributed by atoms with van der Waals surface area (Å²) in [5.41, 5.74) is 0.226. The van der Waals surface area contributed by atoms with Gasteiger partial charge in [0.05, 0.1) is 11.4 Å². The Hall–Kier alpha value is -0.910. The molecule has 0 radical (unpaired) electrons. The molecule has 0 amide bonds. The lowest BCUT2D eigenvalue weighted by Crippen LogP contribution is -2.63. The van der Waals surface area contributed by atoms with Gasteiger partial charge in [0, 0.05) is 13.1 Å². The fraction of sp³-hybridized carbons (Fsp3) is 0.571. The van der Waals surface area contributed by atoms with E-state index in [1.165, 1.54) is 4.31 Å². The number of sulfonamides is 1. The molecule has 1 aliphatic rings. The number of hydrogen-bond acceptors (Lipinski definition) is 3. The van der Waals surface area contributed by atoms with Crippen LogP contribution in [0.3, 0.4) is 0 Å². The SMILES string of the molecule is CCCC1(O)CN(S(=O)(=O)CCc2ccccc2)C1. The van der Waals surface area contributed by atoms with Crippen LogP contribution in [0.15, 0.2) is 30.3 Å². The highest BCUT2D eigenvalue weighted by Gasteiger charge is 2.45. The number of hydrogen-bond donors (Lipinski definition) is 1. The zero-order valence-corrected chi connectivity index (χ0v) is 12.1. The number of rotatable bonds is 6. The van der Waals surface area contributed by atoms with Crippen LogP contribution in [0.5, 0.6) is 0 Å². The monoisotopic (exact) mass is 283 g/mol. The molecule has 0 aromatic heterocycles. The predicted molar refractivity (Wildman–Crippen MR) is 75.4 cm³/mol. The van der Waals surface area contributed by atoms with Crippen LogP contribution in [0.2, 0.25) is 0 Å². The first-order valence-electron chi connectivity index (χ1n) is 6.69. The van der Waals surface area contributed by atoms with Crippen molar-refractivity contribution >= 4 is 10.0 Å². The summed E-state index contributed by atoms with van der Waals surface area (Å²) in [6, 6.07) is 9.59. The van der Waals surface area contributed by atoms with Gasteiger partial charge in [-0.3, -0.25) is 0 Å². The van der Waals surface area contributed by atoms with Gasteiger partial charge < -0.3 is 5.11 Å². The lowest BCUT2D eigenvalue weighted by Gasteiger charge is -2.45. The van der Waals surface area contributed by atoms with E-state index >= 15 is 0 Å². The van der Waals surface area contributed by atoms with Crippen molar-refractivity contribution in [1.29, 1.82) is 0 Å². The summed E-state index contributed by atoms with van der Waals surface area (Å²) in [4.78, 5) is 0. The van der Waals surface area contributed by atoms with Crippen LogP contribution >= 0.6 is 0 Å². The van der Waals surface area contributed by atoms with E-state index in [0.29, 0.717) is 12.8 Å². The number of benzene rings is 1. The molecule has 106 valence electrons. The van der Waals surface area contributed by atoms with E-state index in [4.69, 9.17) is 0 Å². The molecule has 1 aliphatic heterocycles. The van der Waals surface area contributed by atoms with Crippen molar-refractivity contribution < 1.29 is 13.5 Å². The minimum Gasteiger partial charge on any atom is -0.387 e. The standard InChI is InChI=1S/C14H21NO3S/c1-2-9-14(16)11-15(12-14)19(17,18)10-8-13-6-4-3-5-7-13/h3-7,16H,2,8-12H2,1H3. The van der Waals surface area contributed by atoms with Gasteiger partial charge in [0.1, 0.15) is 0 Å². The van der Waals surface area contributed by atoms with Gasteiger partial charge in [-0.1, -0.05) is 43.7 Å². The molecule has 2 rings (SSSR count). The summed E-state index contributed by atoms with van der Waals surface area (Å²) < 4.78 is 25.6. The molecule has 1 aromatic rings. The van der Waals surface area contributed by atoms with Crippen molar-refractivity contribution in [3.63, 3.8) is 0 Å². The van der Waals surface area contributed by atoms with Crippen molar-refractivity contribution in [3.05, 3.63) is 35.9 Å². The van der Waals surface area contributed by atoms with Crippen LogP contribution in [0.1, 0.15) is 25.3 Å². The normalized spacial score (nSPS) is 19.1. The lowest BCUT2D eigenvalue weighted by molar-refractivity contribution is -0.0652. The molecule has 0 unspecified atom stereocenters. The molecule has 0 aliphatic carbocycles. The topological polar surface area (TPSA) is 57.6 Å². The third-order valence-electron chi connectivity index (χ3n) is 3.54. The van der Waals surface area contributed by atoms with Crippen LogP contribution < -0.4 is 0 Å². The fourth-order valence-electron chi connectivity index (χ4n) is 2.45.